The van der Waals surface area contributed by atoms with Gasteiger partial charge in [0.15, 0.2) is 5.13 Å². The van der Waals surface area contributed by atoms with Crippen molar-refractivity contribution in [2.45, 2.75) is 6.92 Å². The van der Waals surface area contributed by atoms with Crippen molar-refractivity contribution in [2.24, 2.45) is 0 Å². The van der Waals surface area contributed by atoms with Crippen LogP contribution in [0.4, 0.5) is 22.3 Å². The molecule has 25 heavy (non-hydrogen) atoms. The molecule has 7 heteroatoms. The normalized spacial score (nSPS) is 10.8. The minimum Gasteiger partial charge on any atom is -0.340 e. The molecule has 2 aromatic carbocycles. The van der Waals surface area contributed by atoms with Gasteiger partial charge in [0.2, 0.25) is 0 Å². The number of hydrogen-bond donors (Lipinski definition) is 2. The number of fused-ring (bicyclic) bond motifs is 1. The van der Waals surface area contributed by atoms with Gasteiger partial charge < -0.3 is 10.6 Å². The highest BCUT2D eigenvalue weighted by atomic mass is 35.5. The lowest BCUT2D eigenvalue weighted by Gasteiger charge is -2.07. The number of anilines is 4. The van der Waals surface area contributed by atoms with Crippen molar-refractivity contribution in [2.75, 3.05) is 10.6 Å². The molecule has 0 saturated heterocycles. The number of aryl methyl sites for hydroxylation is 1. The minimum absolute atomic E-state index is 0.720. The molecule has 0 amide bonds. The van der Waals surface area contributed by atoms with Gasteiger partial charge in [0.25, 0.3) is 0 Å². The van der Waals surface area contributed by atoms with Gasteiger partial charge >= 0.3 is 0 Å². The summed E-state index contributed by atoms with van der Waals surface area (Å²) in [6.07, 6.45) is 1.55. The van der Waals surface area contributed by atoms with E-state index in [1.165, 1.54) is 0 Å². The Labute approximate surface area is 153 Å². The average molecular weight is 368 g/mol. The molecule has 0 bridgehead atoms. The van der Waals surface area contributed by atoms with Crippen LogP contribution in [0.5, 0.6) is 0 Å². The molecule has 124 valence electrons. The second-order valence-electron chi connectivity index (χ2n) is 5.50. The number of benzene rings is 2. The van der Waals surface area contributed by atoms with Gasteiger partial charge in [-0.05, 0) is 49.4 Å². The highest BCUT2D eigenvalue weighted by molar-refractivity contribution is 7.22. The van der Waals surface area contributed by atoms with Crippen molar-refractivity contribution in [1.82, 2.24) is 15.0 Å². The van der Waals surface area contributed by atoms with Crippen LogP contribution >= 0.6 is 22.9 Å². The summed E-state index contributed by atoms with van der Waals surface area (Å²) < 4.78 is 1.06. The molecule has 0 aliphatic carbocycles. The topological polar surface area (TPSA) is 62.7 Å². The van der Waals surface area contributed by atoms with Crippen LogP contribution in [-0.2, 0) is 0 Å². The summed E-state index contributed by atoms with van der Waals surface area (Å²) in [6.45, 7) is 1.94. The number of hydrogen-bond acceptors (Lipinski definition) is 6. The SMILES string of the molecule is Cc1cc(Nc2ccc(Nc3nc4ccc(Cl)cc4s3)cc2)ncn1. The number of halogens is 1. The standard InChI is InChI=1S/C18H14ClN5S/c1-11-8-17(21-10-20-11)22-13-3-5-14(6-4-13)23-18-24-15-7-2-12(19)9-16(15)25-18/h2-10H,1H3,(H,23,24)(H,20,21,22). The van der Waals surface area contributed by atoms with Crippen molar-refractivity contribution >= 4 is 55.5 Å². The maximum atomic E-state index is 6.02. The maximum Gasteiger partial charge on any atom is 0.188 e. The summed E-state index contributed by atoms with van der Waals surface area (Å²) >= 11 is 7.60. The van der Waals surface area contributed by atoms with Crippen LogP contribution in [0.1, 0.15) is 5.69 Å². The summed E-state index contributed by atoms with van der Waals surface area (Å²) in [5.41, 5.74) is 3.79. The van der Waals surface area contributed by atoms with E-state index < -0.39 is 0 Å². The molecule has 4 rings (SSSR count). The van der Waals surface area contributed by atoms with Gasteiger partial charge in [0, 0.05) is 28.2 Å². The largest absolute Gasteiger partial charge is 0.340 e. The summed E-state index contributed by atoms with van der Waals surface area (Å²) in [7, 11) is 0. The van der Waals surface area contributed by atoms with Crippen LogP contribution in [0.2, 0.25) is 5.02 Å². The van der Waals surface area contributed by atoms with Gasteiger partial charge in [0.1, 0.15) is 12.1 Å². The second kappa shape index (κ2) is 6.66. The third kappa shape index (κ3) is 3.70. The third-order valence-electron chi connectivity index (χ3n) is 3.56. The van der Waals surface area contributed by atoms with Crippen LogP contribution in [0.3, 0.4) is 0 Å². The van der Waals surface area contributed by atoms with Crippen LogP contribution in [-0.4, -0.2) is 15.0 Å². The smallest absolute Gasteiger partial charge is 0.188 e. The Kier molecular flexibility index (Phi) is 4.21. The van der Waals surface area contributed by atoms with Crippen molar-refractivity contribution in [3.05, 3.63) is 65.6 Å². The average Bonchev–Trinajstić information content (AvgIpc) is 2.98. The van der Waals surface area contributed by atoms with Crippen molar-refractivity contribution in [3.8, 4) is 0 Å². The fourth-order valence-corrected chi connectivity index (χ4v) is 3.55. The summed E-state index contributed by atoms with van der Waals surface area (Å²) in [5.74, 6) is 0.774. The Hall–Kier alpha value is -2.70. The molecule has 0 radical (unpaired) electrons. The Morgan fingerprint density at radius 2 is 1.68 bits per heavy atom. The van der Waals surface area contributed by atoms with E-state index in [-0.39, 0.29) is 0 Å². The molecule has 4 aromatic rings. The first-order valence-electron chi connectivity index (χ1n) is 7.64. The first-order chi connectivity index (χ1) is 12.2. The Morgan fingerprint density at radius 1 is 0.920 bits per heavy atom. The van der Waals surface area contributed by atoms with Crippen molar-refractivity contribution in [3.63, 3.8) is 0 Å². The van der Waals surface area contributed by atoms with Crippen LogP contribution in [0, 0.1) is 6.92 Å². The van der Waals surface area contributed by atoms with E-state index in [1.54, 1.807) is 17.7 Å². The van der Waals surface area contributed by atoms with E-state index in [0.717, 1.165) is 43.3 Å². The van der Waals surface area contributed by atoms with E-state index in [1.807, 2.05) is 55.5 Å². The van der Waals surface area contributed by atoms with E-state index >= 15 is 0 Å². The highest BCUT2D eigenvalue weighted by Gasteiger charge is 2.05. The zero-order valence-electron chi connectivity index (χ0n) is 13.3. The Morgan fingerprint density at radius 3 is 2.44 bits per heavy atom. The quantitative estimate of drug-likeness (QED) is 0.496. The molecule has 2 aromatic heterocycles. The number of rotatable bonds is 4. The summed E-state index contributed by atoms with van der Waals surface area (Å²) in [6, 6.07) is 15.6. The molecule has 2 heterocycles. The number of thiazole rings is 1. The molecular weight excluding hydrogens is 354 g/mol. The lowest BCUT2D eigenvalue weighted by atomic mass is 10.3. The van der Waals surface area contributed by atoms with Crippen molar-refractivity contribution < 1.29 is 0 Å². The van der Waals surface area contributed by atoms with E-state index in [4.69, 9.17) is 11.6 Å². The van der Waals surface area contributed by atoms with E-state index in [0.29, 0.717) is 0 Å². The predicted octanol–water partition coefficient (Wildman–Crippen LogP) is 5.54. The molecule has 0 atom stereocenters. The molecule has 0 aliphatic rings. The Bertz CT molecular complexity index is 1030. The fraction of sp³-hybridized carbons (Fsp3) is 0.0556. The molecular formula is C18H14ClN5S. The first kappa shape index (κ1) is 15.8. The fourth-order valence-electron chi connectivity index (χ4n) is 2.38. The zero-order valence-corrected chi connectivity index (χ0v) is 14.9. The predicted molar refractivity (Wildman–Crippen MR) is 104 cm³/mol. The summed E-state index contributed by atoms with van der Waals surface area (Å²) in [4.78, 5) is 12.9. The molecule has 0 spiro atoms. The molecule has 0 aliphatic heterocycles. The van der Waals surface area contributed by atoms with Gasteiger partial charge in [-0.1, -0.05) is 22.9 Å². The number of nitrogens with zero attached hydrogens (tertiary/aromatic N) is 3. The molecule has 5 nitrogen and oxygen atoms in total. The van der Waals surface area contributed by atoms with Gasteiger partial charge in [-0.15, -0.1) is 0 Å². The lowest BCUT2D eigenvalue weighted by Crippen LogP contribution is -1.95. The minimum atomic E-state index is 0.720. The van der Waals surface area contributed by atoms with Crippen molar-refractivity contribution in [1.29, 1.82) is 0 Å². The van der Waals surface area contributed by atoms with Crippen LogP contribution in [0.25, 0.3) is 10.2 Å². The number of nitrogens with one attached hydrogen (secondary N) is 2. The summed E-state index contributed by atoms with van der Waals surface area (Å²) in [5, 5.41) is 8.14. The van der Waals surface area contributed by atoms with Gasteiger partial charge in [0.05, 0.1) is 10.2 Å². The van der Waals surface area contributed by atoms with Gasteiger partial charge in [-0.3, -0.25) is 0 Å². The van der Waals surface area contributed by atoms with E-state index in [2.05, 4.69) is 25.6 Å². The molecule has 0 fully saturated rings. The number of aromatic nitrogens is 3. The van der Waals surface area contributed by atoms with Gasteiger partial charge in [-0.2, -0.15) is 0 Å². The van der Waals surface area contributed by atoms with Crippen LogP contribution < -0.4 is 10.6 Å². The second-order valence-corrected chi connectivity index (χ2v) is 6.97. The first-order valence-corrected chi connectivity index (χ1v) is 8.84. The lowest BCUT2D eigenvalue weighted by molar-refractivity contribution is 1.10. The molecule has 0 unspecified atom stereocenters. The maximum absolute atomic E-state index is 6.02. The van der Waals surface area contributed by atoms with Gasteiger partial charge in [-0.25, -0.2) is 15.0 Å². The molecule has 2 N–H and O–H groups in total. The Balaban J connectivity index is 1.49. The zero-order chi connectivity index (χ0) is 17.2. The molecule has 0 saturated carbocycles. The third-order valence-corrected chi connectivity index (χ3v) is 4.73. The van der Waals surface area contributed by atoms with Crippen LogP contribution in [0.15, 0.2) is 54.9 Å². The van der Waals surface area contributed by atoms with E-state index in [9.17, 15) is 0 Å². The monoisotopic (exact) mass is 367 g/mol. The highest BCUT2D eigenvalue weighted by Crippen LogP contribution is 2.30.